The van der Waals surface area contributed by atoms with Gasteiger partial charge in [-0.1, -0.05) is 19.1 Å². The minimum atomic E-state index is 1.07. The standard InChI is InChI=1S/C9H14S2/c1-3-8(2)7-9-10-5-4-6-11-9/h7H,2-6H2,1H3. The lowest BCUT2D eigenvalue weighted by atomic mass is 10.2. The first-order valence-electron chi connectivity index (χ1n) is 3.98. The minimum Gasteiger partial charge on any atom is -0.119 e. The molecule has 0 nitrogen and oxygen atoms in total. The monoisotopic (exact) mass is 186 g/mol. The van der Waals surface area contributed by atoms with Gasteiger partial charge in [-0.2, -0.15) is 0 Å². The summed E-state index contributed by atoms with van der Waals surface area (Å²) in [5.74, 6) is 2.58. The van der Waals surface area contributed by atoms with Crippen LogP contribution in [0.2, 0.25) is 0 Å². The average molecular weight is 186 g/mol. The van der Waals surface area contributed by atoms with Gasteiger partial charge in [-0.3, -0.25) is 0 Å². The normalized spacial score (nSPS) is 18.1. The van der Waals surface area contributed by atoms with E-state index in [0.29, 0.717) is 0 Å². The molecule has 0 bridgehead atoms. The van der Waals surface area contributed by atoms with Crippen molar-refractivity contribution in [1.29, 1.82) is 0 Å². The predicted octanol–water partition coefficient (Wildman–Crippen LogP) is 3.66. The molecule has 1 fully saturated rings. The van der Waals surface area contributed by atoms with Crippen molar-refractivity contribution >= 4 is 23.5 Å². The van der Waals surface area contributed by atoms with Crippen LogP contribution in [0.25, 0.3) is 0 Å². The van der Waals surface area contributed by atoms with Crippen molar-refractivity contribution in [3.05, 3.63) is 22.5 Å². The molecule has 2 heteroatoms. The van der Waals surface area contributed by atoms with Crippen molar-refractivity contribution < 1.29 is 0 Å². The lowest BCUT2D eigenvalue weighted by Gasteiger charge is -2.12. The van der Waals surface area contributed by atoms with E-state index in [9.17, 15) is 0 Å². The maximum Gasteiger partial charge on any atom is 0.0403 e. The molecule has 62 valence electrons. The van der Waals surface area contributed by atoms with Gasteiger partial charge in [0.05, 0.1) is 0 Å². The number of thioether (sulfide) groups is 2. The summed E-state index contributed by atoms with van der Waals surface area (Å²) < 4.78 is 1.46. The molecule has 0 aromatic rings. The fraction of sp³-hybridized carbons (Fsp3) is 0.556. The van der Waals surface area contributed by atoms with Crippen LogP contribution in [-0.4, -0.2) is 11.5 Å². The van der Waals surface area contributed by atoms with Crippen LogP contribution in [0.3, 0.4) is 0 Å². The molecule has 0 unspecified atom stereocenters. The van der Waals surface area contributed by atoms with Crippen molar-refractivity contribution in [2.45, 2.75) is 19.8 Å². The Balaban J connectivity index is 2.43. The summed E-state index contributed by atoms with van der Waals surface area (Å²) in [6.45, 7) is 6.11. The third kappa shape index (κ3) is 3.39. The Morgan fingerprint density at radius 1 is 1.55 bits per heavy atom. The van der Waals surface area contributed by atoms with E-state index in [0.717, 1.165) is 6.42 Å². The first-order chi connectivity index (χ1) is 5.33. The molecule has 1 aliphatic rings. The summed E-state index contributed by atoms with van der Waals surface area (Å²) in [6.07, 6.45) is 4.66. The zero-order valence-electron chi connectivity index (χ0n) is 6.93. The van der Waals surface area contributed by atoms with Gasteiger partial charge >= 0.3 is 0 Å². The SMILES string of the molecule is C=C(C=C1SCCCS1)CC. The van der Waals surface area contributed by atoms with Crippen LogP contribution >= 0.6 is 23.5 Å². The number of hydrogen-bond acceptors (Lipinski definition) is 2. The van der Waals surface area contributed by atoms with Gasteiger partial charge in [-0.25, -0.2) is 0 Å². The second-order valence-electron chi connectivity index (χ2n) is 2.53. The molecular formula is C9H14S2. The van der Waals surface area contributed by atoms with Gasteiger partial charge in [0.1, 0.15) is 0 Å². The summed E-state index contributed by atoms with van der Waals surface area (Å²) >= 11 is 3.94. The number of allylic oxidation sites excluding steroid dienone is 2. The summed E-state index contributed by atoms with van der Waals surface area (Å²) in [7, 11) is 0. The molecule has 0 aromatic heterocycles. The van der Waals surface area contributed by atoms with Gasteiger partial charge < -0.3 is 0 Å². The van der Waals surface area contributed by atoms with E-state index in [2.05, 4.69) is 19.6 Å². The zero-order valence-corrected chi connectivity index (χ0v) is 8.56. The van der Waals surface area contributed by atoms with E-state index in [1.54, 1.807) is 0 Å². The van der Waals surface area contributed by atoms with Crippen molar-refractivity contribution in [3.63, 3.8) is 0 Å². The maximum absolute atomic E-state index is 3.96. The molecule has 11 heavy (non-hydrogen) atoms. The second-order valence-corrected chi connectivity index (χ2v) is 5.06. The molecular weight excluding hydrogens is 172 g/mol. The molecule has 0 aliphatic carbocycles. The molecule has 0 aromatic carbocycles. The second kappa shape index (κ2) is 4.94. The molecule has 0 N–H and O–H groups in total. The van der Waals surface area contributed by atoms with Crippen LogP contribution in [0.1, 0.15) is 19.8 Å². The van der Waals surface area contributed by atoms with Crippen LogP contribution in [0.5, 0.6) is 0 Å². The maximum atomic E-state index is 3.96. The van der Waals surface area contributed by atoms with Gasteiger partial charge in [0, 0.05) is 4.24 Å². The van der Waals surface area contributed by atoms with Crippen LogP contribution in [-0.2, 0) is 0 Å². The van der Waals surface area contributed by atoms with Crippen molar-refractivity contribution in [1.82, 2.24) is 0 Å². The third-order valence-corrected chi connectivity index (χ3v) is 4.05. The molecule has 1 saturated heterocycles. The quantitative estimate of drug-likeness (QED) is 0.645. The summed E-state index contributed by atoms with van der Waals surface area (Å²) in [5, 5.41) is 0. The highest BCUT2D eigenvalue weighted by atomic mass is 32.2. The Hall–Kier alpha value is 0.180. The first-order valence-corrected chi connectivity index (χ1v) is 5.95. The molecule has 1 rings (SSSR count). The highest BCUT2D eigenvalue weighted by molar-refractivity contribution is 8.22. The highest BCUT2D eigenvalue weighted by Crippen LogP contribution is 2.35. The van der Waals surface area contributed by atoms with E-state index >= 15 is 0 Å². The topological polar surface area (TPSA) is 0 Å². The Morgan fingerprint density at radius 3 is 2.73 bits per heavy atom. The third-order valence-electron chi connectivity index (χ3n) is 1.55. The zero-order chi connectivity index (χ0) is 8.10. The van der Waals surface area contributed by atoms with E-state index in [4.69, 9.17) is 0 Å². The molecule has 0 amide bonds. The predicted molar refractivity (Wildman–Crippen MR) is 57.0 cm³/mol. The van der Waals surface area contributed by atoms with E-state index in [1.807, 2.05) is 23.5 Å². The molecule has 0 radical (unpaired) electrons. The van der Waals surface area contributed by atoms with Gasteiger partial charge in [0.15, 0.2) is 0 Å². The fourth-order valence-corrected chi connectivity index (χ4v) is 3.29. The largest absolute Gasteiger partial charge is 0.119 e. The van der Waals surface area contributed by atoms with Crippen LogP contribution in [0.4, 0.5) is 0 Å². The van der Waals surface area contributed by atoms with Crippen molar-refractivity contribution in [2.75, 3.05) is 11.5 Å². The van der Waals surface area contributed by atoms with Crippen LogP contribution in [0, 0.1) is 0 Å². The van der Waals surface area contributed by atoms with Gasteiger partial charge in [-0.15, -0.1) is 23.5 Å². The number of hydrogen-bond donors (Lipinski definition) is 0. The molecule has 0 spiro atoms. The van der Waals surface area contributed by atoms with Crippen LogP contribution in [0.15, 0.2) is 22.5 Å². The highest BCUT2D eigenvalue weighted by Gasteiger charge is 2.05. The summed E-state index contributed by atoms with van der Waals surface area (Å²) in [4.78, 5) is 0. The fourth-order valence-electron chi connectivity index (χ4n) is 0.798. The van der Waals surface area contributed by atoms with E-state index < -0.39 is 0 Å². The average Bonchev–Trinajstić information content (AvgIpc) is 2.06. The van der Waals surface area contributed by atoms with Crippen molar-refractivity contribution in [3.8, 4) is 0 Å². The molecule has 1 aliphatic heterocycles. The van der Waals surface area contributed by atoms with Crippen molar-refractivity contribution in [2.24, 2.45) is 0 Å². The Labute approximate surface area is 77.5 Å². The summed E-state index contributed by atoms with van der Waals surface area (Å²) in [6, 6.07) is 0. The first kappa shape index (κ1) is 9.27. The Morgan fingerprint density at radius 2 is 2.18 bits per heavy atom. The lowest BCUT2D eigenvalue weighted by Crippen LogP contribution is -1.91. The Bertz CT molecular complexity index is 162. The molecule has 1 heterocycles. The van der Waals surface area contributed by atoms with E-state index in [1.165, 1.54) is 27.7 Å². The van der Waals surface area contributed by atoms with E-state index in [-0.39, 0.29) is 0 Å². The Kier molecular flexibility index (Phi) is 4.16. The number of rotatable bonds is 2. The minimum absolute atomic E-state index is 1.07. The summed E-state index contributed by atoms with van der Waals surface area (Å²) in [5.41, 5.74) is 1.25. The lowest BCUT2D eigenvalue weighted by molar-refractivity contribution is 1.12. The van der Waals surface area contributed by atoms with Gasteiger partial charge in [0.25, 0.3) is 0 Å². The van der Waals surface area contributed by atoms with Gasteiger partial charge in [0.2, 0.25) is 0 Å². The molecule has 0 atom stereocenters. The van der Waals surface area contributed by atoms with Crippen LogP contribution < -0.4 is 0 Å². The molecule has 0 saturated carbocycles. The smallest absolute Gasteiger partial charge is 0.0403 e. The van der Waals surface area contributed by atoms with Gasteiger partial charge in [-0.05, 0) is 30.4 Å².